The third-order valence-electron chi connectivity index (χ3n) is 3.74. The molecule has 0 radical (unpaired) electrons. The molecule has 110 valence electrons. The van der Waals surface area contributed by atoms with E-state index in [2.05, 4.69) is 50.4 Å². The summed E-state index contributed by atoms with van der Waals surface area (Å²) in [6.45, 7) is 6.45. The molecule has 3 heteroatoms. The molecule has 0 aliphatic heterocycles. The average Bonchev–Trinajstić information content (AvgIpc) is 2.67. The quantitative estimate of drug-likeness (QED) is 0.886. The Morgan fingerprint density at radius 2 is 1.85 bits per heavy atom. The molecule has 0 aromatic heterocycles. The van der Waals surface area contributed by atoms with Gasteiger partial charge in [0, 0.05) is 18.5 Å². The van der Waals surface area contributed by atoms with E-state index in [1.807, 2.05) is 0 Å². The van der Waals surface area contributed by atoms with Gasteiger partial charge in [0.25, 0.3) is 0 Å². The van der Waals surface area contributed by atoms with Crippen molar-refractivity contribution >= 4 is 5.91 Å². The fraction of sp³-hybridized carbons (Fsp3) is 0.588. The molecule has 1 aliphatic rings. The van der Waals surface area contributed by atoms with E-state index in [1.165, 1.54) is 11.1 Å². The summed E-state index contributed by atoms with van der Waals surface area (Å²) in [5.74, 6) is 0.0829. The summed E-state index contributed by atoms with van der Waals surface area (Å²) < 4.78 is 0. The first-order valence-corrected chi connectivity index (χ1v) is 7.45. The van der Waals surface area contributed by atoms with Crippen LogP contribution in [0.25, 0.3) is 0 Å². The molecule has 1 aromatic carbocycles. The number of hydrogen-bond donors (Lipinski definition) is 2. The molecule has 1 aromatic rings. The van der Waals surface area contributed by atoms with Gasteiger partial charge in [-0.1, -0.05) is 45.0 Å². The molecule has 3 nitrogen and oxygen atoms in total. The molecule has 20 heavy (non-hydrogen) atoms. The van der Waals surface area contributed by atoms with Crippen molar-refractivity contribution in [2.45, 2.75) is 58.5 Å². The largest absolute Gasteiger partial charge is 0.353 e. The van der Waals surface area contributed by atoms with Gasteiger partial charge in [0.1, 0.15) is 0 Å². The van der Waals surface area contributed by atoms with Crippen LogP contribution < -0.4 is 11.1 Å². The molecule has 1 aliphatic carbocycles. The van der Waals surface area contributed by atoms with Crippen molar-refractivity contribution < 1.29 is 4.79 Å². The molecule has 1 amide bonds. The molecule has 2 rings (SSSR count). The van der Waals surface area contributed by atoms with Gasteiger partial charge in [-0.3, -0.25) is 4.79 Å². The highest BCUT2D eigenvalue weighted by molar-refractivity contribution is 5.77. The Balaban J connectivity index is 1.79. The van der Waals surface area contributed by atoms with Gasteiger partial charge < -0.3 is 11.1 Å². The number of benzene rings is 1. The summed E-state index contributed by atoms with van der Waals surface area (Å²) in [5, 5.41) is 3.12. The van der Waals surface area contributed by atoms with Crippen LogP contribution in [0.4, 0.5) is 0 Å². The molecule has 0 fully saturated rings. The summed E-state index contributed by atoms with van der Waals surface area (Å²) in [5.41, 5.74) is 8.94. The maximum atomic E-state index is 12.1. The number of hydrogen-bond acceptors (Lipinski definition) is 2. The Morgan fingerprint density at radius 3 is 2.35 bits per heavy atom. The van der Waals surface area contributed by atoms with Gasteiger partial charge in [0.2, 0.25) is 5.91 Å². The van der Waals surface area contributed by atoms with Gasteiger partial charge in [-0.05, 0) is 35.8 Å². The maximum Gasteiger partial charge on any atom is 0.221 e. The van der Waals surface area contributed by atoms with E-state index in [1.54, 1.807) is 0 Å². The summed E-state index contributed by atoms with van der Waals surface area (Å²) >= 11 is 0. The molecule has 3 N–H and O–H groups in total. The second-order valence-electron chi connectivity index (χ2n) is 7.17. The SMILES string of the molecule is CC(C)(C)CC(N)CC(=O)NC1Cc2ccccc2C1. The highest BCUT2D eigenvalue weighted by atomic mass is 16.1. The molecule has 1 atom stereocenters. The van der Waals surface area contributed by atoms with Crippen LogP contribution in [-0.2, 0) is 17.6 Å². The van der Waals surface area contributed by atoms with E-state index >= 15 is 0 Å². The van der Waals surface area contributed by atoms with Crippen molar-refractivity contribution in [1.82, 2.24) is 5.32 Å². The Morgan fingerprint density at radius 1 is 1.30 bits per heavy atom. The predicted octanol–water partition coefficient (Wildman–Crippen LogP) is 2.42. The third kappa shape index (κ3) is 4.34. The van der Waals surface area contributed by atoms with E-state index in [0.717, 1.165) is 19.3 Å². The van der Waals surface area contributed by atoms with E-state index < -0.39 is 0 Å². The Kier molecular flexibility index (Phi) is 4.48. The smallest absolute Gasteiger partial charge is 0.221 e. The van der Waals surface area contributed by atoms with E-state index in [0.29, 0.717) is 6.42 Å². The van der Waals surface area contributed by atoms with Crippen LogP contribution in [0.1, 0.15) is 44.7 Å². The standard InChI is InChI=1S/C17H26N2O/c1-17(2,3)11-14(18)10-16(20)19-15-8-12-6-4-5-7-13(12)9-15/h4-7,14-15H,8-11,18H2,1-3H3,(H,19,20). The highest BCUT2D eigenvalue weighted by Crippen LogP contribution is 2.23. The minimum Gasteiger partial charge on any atom is -0.353 e. The number of nitrogens with one attached hydrogen (secondary N) is 1. The summed E-state index contributed by atoms with van der Waals surface area (Å²) in [6, 6.07) is 8.59. The van der Waals surface area contributed by atoms with Crippen LogP contribution in [0.2, 0.25) is 0 Å². The lowest BCUT2D eigenvalue weighted by Crippen LogP contribution is -2.39. The Hall–Kier alpha value is -1.35. The molecule has 0 heterocycles. The van der Waals surface area contributed by atoms with Gasteiger partial charge in [0.15, 0.2) is 0 Å². The topological polar surface area (TPSA) is 55.1 Å². The van der Waals surface area contributed by atoms with Crippen molar-refractivity contribution in [3.8, 4) is 0 Å². The first-order valence-electron chi connectivity index (χ1n) is 7.45. The fourth-order valence-corrected chi connectivity index (χ4v) is 3.04. The van der Waals surface area contributed by atoms with Gasteiger partial charge in [-0.2, -0.15) is 0 Å². The molecule has 0 bridgehead atoms. The summed E-state index contributed by atoms with van der Waals surface area (Å²) in [6.07, 6.45) is 3.17. The number of nitrogens with two attached hydrogens (primary N) is 1. The van der Waals surface area contributed by atoms with E-state index in [9.17, 15) is 4.79 Å². The third-order valence-corrected chi connectivity index (χ3v) is 3.74. The highest BCUT2D eigenvalue weighted by Gasteiger charge is 2.24. The first kappa shape index (κ1) is 15.0. The lowest BCUT2D eigenvalue weighted by atomic mass is 9.87. The monoisotopic (exact) mass is 274 g/mol. The molecule has 0 saturated carbocycles. The second-order valence-corrected chi connectivity index (χ2v) is 7.17. The van der Waals surface area contributed by atoms with Crippen LogP contribution in [0.15, 0.2) is 24.3 Å². The van der Waals surface area contributed by atoms with Crippen LogP contribution in [0.3, 0.4) is 0 Å². The molecule has 0 spiro atoms. The number of fused-ring (bicyclic) bond motifs is 1. The zero-order chi connectivity index (χ0) is 14.8. The Bertz CT molecular complexity index is 451. The minimum atomic E-state index is -0.0567. The van der Waals surface area contributed by atoms with E-state index in [4.69, 9.17) is 5.73 Å². The Labute approximate surface area is 121 Å². The molecular formula is C17H26N2O. The fourth-order valence-electron chi connectivity index (χ4n) is 3.04. The van der Waals surface area contributed by atoms with Crippen LogP contribution in [0, 0.1) is 5.41 Å². The number of carbonyl (C=O) groups is 1. The van der Waals surface area contributed by atoms with E-state index in [-0.39, 0.29) is 23.4 Å². The van der Waals surface area contributed by atoms with Crippen molar-refractivity contribution in [3.63, 3.8) is 0 Å². The predicted molar refractivity (Wildman–Crippen MR) is 82.4 cm³/mol. The van der Waals surface area contributed by atoms with Crippen LogP contribution in [0.5, 0.6) is 0 Å². The zero-order valence-electron chi connectivity index (χ0n) is 12.8. The van der Waals surface area contributed by atoms with Crippen molar-refractivity contribution in [1.29, 1.82) is 0 Å². The summed E-state index contributed by atoms with van der Waals surface area (Å²) in [4.78, 5) is 12.1. The number of amides is 1. The van der Waals surface area contributed by atoms with Crippen molar-refractivity contribution in [2.24, 2.45) is 11.1 Å². The van der Waals surface area contributed by atoms with Crippen LogP contribution in [-0.4, -0.2) is 18.0 Å². The van der Waals surface area contributed by atoms with Crippen molar-refractivity contribution in [2.75, 3.05) is 0 Å². The van der Waals surface area contributed by atoms with Gasteiger partial charge >= 0.3 is 0 Å². The molecular weight excluding hydrogens is 248 g/mol. The minimum absolute atomic E-state index is 0.0567. The first-order chi connectivity index (χ1) is 9.33. The number of carbonyl (C=O) groups excluding carboxylic acids is 1. The van der Waals surface area contributed by atoms with Crippen LogP contribution >= 0.6 is 0 Å². The molecule has 1 unspecified atom stereocenters. The second kappa shape index (κ2) is 5.96. The van der Waals surface area contributed by atoms with Gasteiger partial charge in [0.05, 0.1) is 0 Å². The molecule has 0 saturated heterocycles. The van der Waals surface area contributed by atoms with Gasteiger partial charge in [-0.25, -0.2) is 0 Å². The average molecular weight is 274 g/mol. The lowest BCUT2D eigenvalue weighted by molar-refractivity contribution is -0.122. The summed E-state index contributed by atoms with van der Waals surface area (Å²) in [7, 11) is 0. The number of rotatable bonds is 4. The zero-order valence-corrected chi connectivity index (χ0v) is 12.8. The normalized spacial score (nSPS) is 16.8. The van der Waals surface area contributed by atoms with Crippen molar-refractivity contribution in [3.05, 3.63) is 35.4 Å². The lowest BCUT2D eigenvalue weighted by Gasteiger charge is -2.23. The maximum absolute atomic E-state index is 12.1. The van der Waals surface area contributed by atoms with Gasteiger partial charge in [-0.15, -0.1) is 0 Å².